The Bertz CT molecular complexity index is 1000. The molecule has 0 saturated heterocycles. The Kier molecular flexibility index (Phi) is 9.02. The molecule has 8 nitrogen and oxygen atoms in total. The van der Waals surface area contributed by atoms with Gasteiger partial charge in [0.05, 0.1) is 12.2 Å². The first kappa shape index (κ1) is 24.8. The molecule has 168 valence electrons. The first-order valence-electron chi connectivity index (χ1n) is 10.4. The minimum Gasteiger partial charge on any atom is -0.357 e. The first-order valence-corrected chi connectivity index (χ1v) is 10.4. The molecule has 1 atom stereocenters. The van der Waals surface area contributed by atoms with E-state index in [0.717, 1.165) is 41.8 Å². The lowest BCUT2D eigenvalue weighted by Gasteiger charge is -2.18. The Morgan fingerprint density at radius 3 is 2.52 bits per heavy atom. The summed E-state index contributed by atoms with van der Waals surface area (Å²) >= 11 is 0. The van der Waals surface area contributed by atoms with E-state index in [1.807, 2.05) is 41.7 Å². The van der Waals surface area contributed by atoms with E-state index in [0.29, 0.717) is 6.54 Å². The molecule has 3 heterocycles. The maximum absolute atomic E-state index is 4.74. The van der Waals surface area contributed by atoms with Gasteiger partial charge in [0, 0.05) is 43.9 Å². The predicted octanol–water partition coefficient (Wildman–Crippen LogP) is 3.23. The fourth-order valence-electron chi connectivity index (χ4n) is 3.47. The van der Waals surface area contributed by atoms with Crippen molar-refractivity contribution in [2.24, 2.45) is 12.0 Å². The fourth-order valence-corrected chi connectivity index (χ4v) is 3.47. The van der Waals surface area contributed by atoms with E-state index in [1.54, 1.807) is 6.20 Å². The van der Waals surface area contributed by atoms with Gasteiger partial charge in [0.25, 0.3) is 0 Å². The van der Waals surface area contributed by atoms with Crippen LogP contribution in [0.2, 0.25) is 0 Å². The molecule has 0 aliphatic carbocycles. The zero-order chi connectivity index (χ0) is 21.7. The normalized spacial score (nSPS) is 12.4. The smallest absolute Gasteiger partial charge is 0.191 e. The minimum atomic E-state index is 0. The summed E-state index contributed by atoms with van der Waals surface area (Å²) in [5, 5.41) is 11.4. The summed E-state index contributed by atoms with van der Waals surface area (Å²) < 4.78 is 3.90. The van der Waals surface area contributed by atoms with Crippen LogP contribution >= 0.6 is 24.0 Å². The summed E-state index contributed by atoms with van der Waals surface area (Å²) in [6.45, 7) is 11.7. The Balaban J connectivity index is 0.00000341. The number of pyridine rings is 1. The molecule has 0 aliphatic rings. The molecule has 0 radical (unpaired) electrons. The molecule has 0 saturated carbocycles. The number of nitrogens with zero attached hydrogens (tertiary/aromatic N) is 6. The highest BCUT2D eigenvalue weighted by Gasteiger charge is 2.14. The van der Waals surface area contributed by atoms with Crippen LogP contribution in [0, 0.1) is 20.8 Å². The van der Waals surface area contributed by atoms with Crippen LogP contribution in [0.4, 0.5) is 0 Å². The topological polar surface area (TPSA) is 84.9 Å². The maximum Gasteiger partial charge on any atom is 0.191 e. The third-order valence-corrected chi connectivity index (χ3v) is 5.20. The highest BCUT2D eigenvalue weighted by atomic mass is 127. The monoisotopic (exact) mass is 536 g/mol. The number of guanidine groups is 1. The highest BCUT2D eigenvalue weighted by molar-refractivity contribution is 14.0. The van der Waals surface area contributed by atoms with Crippen molar-refractivity contribution in [2.75, 3.05) is 6.54 Å². The average Bonchev–Trinajstić information content (AvgIpc) is 3.25. The van der Waals surface area contributed by atoms with Crippen molar-refractivity contribution >= 4 is 29.9 Å². The molecule has 3 aromatic rings. The Morgan fingerprint density at radius 2 is 1.97 bits per heavy atom. The average molecular weight is 536 g/mol. The van der Waals surface area contributed by atoms with Crippen LogP contribution in [0.3, 0.4) is 0 Å². The van der Waals surface area contributed by atoms with Crippen LogP contribution < -0.4 is 10.6 Å². The highest BCUT2D eigenvalue weighted by Crippen LogP contribution is 2.14. The standard InChI is InChI=1S/C22H32N8.HI/c1-7-23-22(27-15(2)12-20-16(3)28-29(6)17(20)4)26-14-19-8-9-21(25-13-19)30-11-10-24-18(30)5;/h8-11,13,15H,7,12,14H2,1-6H3,(H2,23,26,27);1H. The van der Waals surface area contributed by atoms with E-state index in [1.165, 1.54) is 11.3 Å². The van der Waals surface area contributed by atoms with Crippen molar-refractivity contribution in [2.45, 2.75) is 53.6 Å². The third kappa shape index (κ3) is 6.28. The van der Waals surface area contributed by atoms with Crippen molar-refractivity contribution in [3.05, 3.63) is 59.1 Å². The van der Waals surface area contributed by atoms with Gasteiger partial charge in [-0.15, -0.1) is 24.0 Å². The van der Waals surface area contributed by atoms with E-state index in [-0.39, 0.29) is 30.0 Å². The van der Waals surface area contributed by atoms with E-state index < -0.39 is 0 Å². The van der Waals surface area contributed by atoms with Gasteiger partial charge in [-0.1, -0.05) is 6.07 Å². The molecule has 0 amide bonds. The summed E-state index contributed by atoms with van der Waals surface area (Å²) in [6.07, 6.45) is 6.46. The van der Waals surface area contributed by atoms with Gasteiger partial charge in [0.2, 0.25) is 0 Å². The van der Waals surface area contributed by atoms with Crippen LogP contribution in [0.15, 0.2) is 35.7 Å². The quantitative estimate of drug-likeness (QED) is 0.275. The lowest BCUT2D eigenvalue weighted by atomic mass is 10.1. The Morgan fingerprint density at radius 1 is 1.19 bits per heavy atom. The lowest BCUT2D eigenvalue weighted by Crippen LogP contribution is -2.43. The van der Waals surface area contributed by atoms with E-state index >= 15 is 0 Å². The van der Waals surface area contributed by atoms with Gasteiger partial charge in [0.15, 0.2) is 5.96 Å². The van der Waals surface area contributed by atoms with Crippen molar-refractivity contribution in [1.82, 2.24) is 34.9 Å². The largest absolute Gasteiger partial charge is 0.357 e. The second-order valence-corrected chi connectivity index (χ2v) is 7.59. The minimum absolute atomic E-state index is 0. The van der Waals surface area contributed by atoms with Gasteiger partial charge in [0.1, 0.15) is 11.6 Å². The molecule has 0 bridgehead atoms. The van der Waals surface area contributed by atoms with Crippen LogP contribution in [-0.4, -0.2) is 42.9 Å². The van der Waals surface area contributed by atoms with E-state index in [4.69, 9.17) is 4.99 Å². The molecule has 0 aliphatic heterocycles. The van der Waals surface area contributed by atoms with Gasteiger partial charge in [-0.25, -0.2) is 15.0 Å². The first-order chi connectivity index (χ1) is 14.4. The van der Waals surface area contributed by atoms with Gasteiger partial charge >= 0.3 is 0 Å². The molecule has 0 spiro atoms. The number of aryl methyl sites for hydroxylation is 3. The van der Waals surface area contributed by atoms with Crippen molar-refractivity contribution < 1.29 is 0 Å². The second kappa shape index (κ2) is 11.3. The molecule has 0 aromatic carbocycles. The number of halogens is 1. The SMILES string of the molecule is CCNC(=NCc1ccc(-n2ccnc2C)nc1)NC(C)Cc1c(C)nn(C)c1C.I. The Labute approximate surface area is 201 Å². The summed E-state index contributed by atoms with van der Waals surface area (Å²) in [4.78, 5) is 13.5. The van der Waals surface area contributed by atoms with Crippen LogP contribution in [0.5, 0.6) is 0 Å². The summed E-state index contributed by atoms with van der Waals surface area (Å²) in [5.74, 6) is 2.58. The number of aromatic nitrogens is 5. The fraction of sp³-hybridized carbons (Fsp3) is 0.455. The summed E-state index contributed by atoms with van der Waals surface area (Å²) in [7, 11) is 1.99. The molecule has 9 heteroatoms. The number of rotatable bonds is 7. The van der Waals surface area contributed by atoms with E-state index in [2.05, 4.69) is 59.5 Å². The number of hydrogen-bond donors (Lipinski definition) is 2. The molecule has 31 heavy (non-hydrogen) atoms. The maximum atomic E-state index is 4.74. The molecule has 1 unspecified atom stereocenters. The molecular formula is C22H33IN8. The zero-order valence-electron chi connectivity index (χ0n) is 19.2. The number of aliphatic imine (C=N–C) groups is 1. The number of imidazole rings is 1. The third-order valence-electron chi connectivity index (χ3n) is 5.20. The second-order valence-electron chi connectivity index (χ2n) is 7.59. The number of hydrogen-bond acceptors (Lipinski definition) is 4. The van der Waals surface area contributed by atoms with Crippen LogP contribution in [0.25, 0.3) is 5.82 Å². The van der Waals surface area contributed by atoms with E-state index in [9.17, 15) is 0 Å². The van der Waals surface area contributed by atoms with Crippen molar-refractivity contribution in [1.29, 1.82) is 0 Å². The lowest BCUT2D eigenvalue weighted by molar-refractivity contribution is 0.635. The van der Waals surface area contributed by atoms with Crippen LogP contribution in [0.1, 0.15) is 42.2 Å². The summed E-state index contributed by atoms with van der Waals surface area (Å²) in [5.41, 5.74) is 4.65. The molecule has 3 aromatic heterocycles. The Hall–Kier alpha value is -2.43. The molecule has 0 fully saturated rings. The molecule has 2 N–H and O–H groups in total. The van der Waals surface area contributed by atoms with Gasteiger partial charge < -0.3 is 10.6 Å². The predicted molar refractivity (Wildman–Crippen MR) is 135 cm³/mol. The van der Waals surface area contributed by atoms with Gasteiger partial charge in [-0.05, 0) is 58.2 Å². The zero-order valence-corrected chi connectivity index (χ0v) is 21.5. The van der Waals surface area contributed by atoms with Gasteiger partial charge in [-0.2, -0.15) is 5.10 Å². The molecule has 3 rings (SSSR count). The van der Waals surface area contributed by atoms with Crippen molar-refractivity contribution in [3.8, 4) is 5.82 Å². The summed E-state index contributed by atoms with van der Waals surface area (Å²) in [6, 6.07) is 4.28. The van der Waals surface area contributed by atoms with Crippen molar-refractivity contribution in [3.63, 3.8) is 0 Å². The van der Waals surface area contributed by atoms with Gasteiger partial charge in [-0.3, -0.25) is 9.25 Å². The van der Waals surface area contributed by atoms with Crippen LogP contribution in [-0.2, 0) is 20.0 Å². The number of nitrogens with one attached hydrogen (secondary N) is 2. The molecular weight excluding hydrogens is 503 g/mol.